The van der Waals surface area contributed by atoms with Crippen molar-refractivity contribution < 1.29 is 9.53 Å². The fourth-order valence-corrected chi connectivity index (χ4v) is 2.38. The van der Waals surface area contributed by atoms with Crippen LogP contribution >= 0.6 is 11.6 Å². The van der Waals surface area contributed by atoms with Crippen molar-refractivity contribution in [2.24, 2.45) is 10.7 Å². The minimum absolute atomic E-state index is 0.126. The van der Waals surface area contributed by atoms with Crippen LogP contribution in [0.5, 0.6) is 5.75 Å². The van der Waals surface area contributed by atoms with Crippen molar-refractivity contribution in [1.29, 1.82) is 0 Å². The topological polar surface area (TPSA) is 88.7 Å². The van der Waals surface area contributed by atoms with Gasteiger partial charge in [0.15, 0.2) is 5.96 Å². The van der Waals surface area contributed by atoms with Gasteiger partial charge in [-0.2, -0.15) is 0 Å². The molecule has 0 spiro atoms. The van der Waals surface area contributed by atoms with Gasteiger partial charge in [0, 0.05) is 12.2 Å². The largest absolute Gasteiger partial charge is 0.491 e. The van der Waals surface area contributed by atoms with Crippen LogP contribution < -0.4 is 21.1 Å². The molecule has 0 saturated heterocycles. The summed E-state index contributed by atoms with van der Waals surface area (Å²) >= 11 is 5.98. The predicted octanol–water partition coefficient (Wildman–Crippen LogP) is 3.28. The molecule has 2 aromatic carbocycles. The van der Waals surface area contributed by atoms with Crippen molar-refractivity contribution >= 4 is 29.2 Å². The van der Waals surface area contributed by atoms with Crippen LogP contribution in [-0.2, 0) is 0 Å². The Labute approximate surface area is 158 Å². The Morgan fingerprint density at radius 3 is 2.54 bits per heavy atom. The quantitative estimate of drug-likeness (QED) is 0.394. The molecule has 0 aliphatic heterocycles. The van der Waals surface area contributed by atoms with Crippen LogP contribution in [0.3, 0.4) is 0 Å². The number of guanidine groups is 1. The standard InChI is InChI=1S/C19H23ClN4O2/c1-13(2)26-15-9-7-14(8-10-15)24-19(21)23-12-11-22-18(25)16-5-3-4-6-17(16)20/h3-10,13H,11-12H2,1-2H3,(H,22,25)(H3,21,23,24). The lowest BCUT2D eigenvalue weighted by atomic mass is 10.2. The van der Waals surface area contributed by atoms with Gasteiger partial charge in [0.1, 0.15) is 5.75 Å². The molecule has 0 bridgehead atoms. The number of nitrogens with two attached hydrogens (primary N) is 1. The number of aliphatic imine (C=N–C) groups is 1. The zero-order chi connectivity index (χ0) is 18.9. The number of nitrogens with zero attached hydrogens (tertiary/aromatic N) is 1. The first-order chi connectivity index (χ1) is 12.5. The van der Waals surface area contributed by atoms with Crippen LogP contribution in [0.2, 0.25) is 5.02 Å². The van der Waals surface area contributed by atoms with Crippen molar-refractivity contribution in [3.8, 4) is 5.75 Å². The highest BCUT2D eigenvalue weighted by Gasteiger charge is 2.08. The van der Waals surface area contributed by atoms with Gasteiger partial charge in [-0.25, -0.2) is 0 Å². The van der Waals surface area contributed by atoms with Gasteiger partial charge in [0.25, 0.3) is 5.91 Å². The number of benzene rings is 2. The molecule has 0 fully saturated rings. The van der Waals surface area contributed by atoms with E-state index in [0.717, 1.165) is 11.4 Å². The lowest BCUT2D eigenvalue weighted by Gasteiger charge is -2.11. The van der Waals surface area contributed by atoms with Gasteiger partial charge >= 0.3 is 0 Å². The highest BCUT2D eigenvalue weighted by atomic mass is 35.5. The van der Waals surface area contributed by atoms with Crippen LogP contribution in [0.25, 0.3) is 0 Å². The molecule has 2 rings (SSSR count). The van der Waals surface area contributed by atoms with Gasteiger partial charge in [-0.3, -0.25) is 9.79 Å². The monoisotopic (exact) mass is 374 g/mol. The maximum Gasteiger partial charge on any atom is 0.252 e. The Balaban J connectivity index is 1.78. The van der Waals surface area contributed by atoms with Gasteiger partial charge in [-0.15, -0.1) is 0 Å². The number of anilines is 1. The van der Waals surface area contributed by atoms with E-state index in [2.05, 4.69) is 15.6 Å². The molecule has 0 radical (unpaired) electrons. The van der Waals surface area contributed by atoms with E-state index in [1.807, 2.05) is 38.1 Å². The van der Waals surface area contributed by atoms with Crippen LogP contribution in [0, 0.1) is 0 Å². The molecule has 0 aliphatic carbocycles. The highest BCUT2D eigenvalue weighted by molar-refractivity contribution is 6.33. The first kappa shape index (κ1) is 19.6. The highest BCUT2D eigenvalue weighted by Crippen LogP contribution is 2.16. The molecule has 0 heterocycles. The summed E-state index contributed by atoms with van der Waals surface area (Å²) in [5.74, 6) is 0.830. The summed E-state index contributed by atoms with van der Waals surface area (Å²) in [6.45, 7) is 4.65. The van der Waals surface area contributed by atoms with Crippen LogP contribution in [0.4, 0.5) is 5.69 Å². The molecule has 7 heteroatoms. The van der Waals surface area contributed by atoms with Gasteiger partial charge in [0.2, 0.25) is 0 Å². The molecule has 0 saturated carbocycles. The smallest absolute Gasteiger partial charge is 0.252 e. The Bertz CT molecular complexity index is 760. The molecule has 0 unspecified atom stereocenters. The molecular weight excluding hydrogens is 352 g/mol. The first-order valence-electron chi connectivity index (χ1n) is 8.32. The molecule has 0 aromatic heterocycles. The van der Waals surface area contributed by atoms with E-state index in [1.165, 1.54) is 0 Å². The summed E-state index contributed by atoms with van der Waals surface area (Å²) in [6.07, 6.45) is 0.126. The van der Waals surface area contributed by atoms with E-state index >= 15 is 0 Å². The van der Waals surface area contributed by atoms with Crippen molar-refractivity contribution in [2.75, 3.05) is 18.4 Å². The average Bonchev–Trinajstić information content (AvgIpc) is 2.60. The number of rotatable bonds is 7. The Hall–Kier alpha value is -2.73. The molecule has 4 N–H and O–H groups in total. The van der Waals surface area contributed by atoms with E-state index in [1.54, 1.807) is 24.3 Å². The molecule has 0 aliphatic rings. The normalized spacial score (nSPS) is 11.3. The molecule has 0 atom stereocenters. The minimum atomic E-state index is -0.238. The maximum absolute atomic E-state index is 12.0. The summed E-state index contributed by atoms with van der Waals surface area (Å²) in [5, 5.41) is 6.16. The van der Waals surface area contributed by atoms with Gasteiger partial charge in [-0.05, 0) is 50.2 Å². The molecule has 26 heavy (non-hydrogen) atoms. The summed E-state index contributed by atoms with van der Waals surface area (Å²) in [5.41, 5.74) is 7.10. The lowest BCUT2D eigenvalue weighted by molar-refractivity contribution is 0.0955. The Kier molecular flexibility index (Phi) is 7.29. The fourth-order valence-electron chi connectivity index (χ4n) is 2.16. The zero-order valence-electron chi connectivity index (χ0n) is 14.8. The predicted molar refractivity (Wildman–Crippen MR) is 106 cm³/mol. The number of amides is 1. The number of hydrogen-bond donors (Lipinski definition) is 3. The number of nitrogens with one attached hydrogen (secondary N) is 2. The molecular formula is C19H23ClN4O2. The van der Waals surface area contributed by atoms with Crippen molar-refractivity contribution in [2.45, 2.75) is 20.0 Å². The minimum Gasteiger partial charge on any atom is -0.491 e. The van der Waals surface area contributed by atoms with Crippen molar-refractivity contribution in [1.82, 2.24) is 5.32 Å². The second kappa shape index (κ2) is 9.68. The first-order valence-corrected chi connectivity index (χ1v) is 8.70. The lowest BCUT2D eigenvalue weighted by Crippen LogP contribution is -2.28. The Morgan fingerprint density at radius 2 is 1.88 bits per heavy atom. The van der Waals surface area contributed by atoms with E-state index in [9.17, 15) is 4.79 Å². The number of halogens is 1. The van der Waals surface area contributed by atoms with E-state index in [-0.39, 0.29) is 18.0 Å². The number of hydrogen-bond acceptors (Lipinski definition) is 3. The van der Waals surface area contributed by atoms with Crippen LogP contribution in [0.1, 0.15) is 24.2 Å². The maximum atomic E-state index is 12.0. The number of carbonyl (C=O) groups is 1. The van der Waals surface area contributed by atoms with E-state index in [0.29, 0.717) is 23.7 Å². The summed E-state index contributed by atoms with van der Waals surface area (Å²) in [6, 6.07) is 14.3. The third-order valence-electron chi connectivity index (χ3n) is 3.30. The molecule has 138 valence electrons. The van der Waals surface area contributed by atoms with E-state index in [4.69, 9.17) is 22.1 Å². The second-order valence-corrected chi connectivity index (χ2v) is 6.23. The van der Waals surface area contributed by atoms with E-state index < -0.39 is 0 Å². The zero-order valence-corrected chi connectivity index (χ0v) is 15.6. The molecule has 2 aromatic rings. The second-order valence-electron chi connectivity index (χ2n) is 5.82. The van der Waals surface area contributed by atoms with Gasteiger partial charge in [-0.1, -0.05) is 23.7 Å². The third kappa shape index (κ3) is 6.29. The average molecular weight is 375 g/mol. The van der Waals surface area contributed by atoms with Gasteiger partial charge in [0.05, 0.1) is 23.2 Å². The SMILES string of the molecule is CC(C)Oc1ccc(NC(N)=NCCNC(=O)c2ccccc2Cl)cc1. The van der Waals surface area contributed by atoms with Crippen LogP contribution in [-0.4, -0.2) is 31.1 Å². The van der Waals surface area contributed by atoms with Crippen LogP contribution in [0.15, 0.2) is 53.5 Å². The van der Waals surface area contributed by atoms with Crippen molar-refractivity contribution in [3.05, 3.63) is 59.1 Å². The molecule has 1 amide bonds. The number of ether oxygens (including phenoxy) is 1. The molecule has 6 nitrogen and oxygen atoms in total. The fraction of sp³-hybridized carbons (Fsp3) is 0.263. The Morgan fingerprint density at radius 1 is 1.19 bits per heavy atom. The summed E-state index contributed by atoms with van der Waals surface area (Å²) < 4.78 is 5.58. The van der Waals surface area contributed by atoms with Gasteiger partial charge < -0.3 is 21.1 Å². The number of carbonyl (C=O) groups excluding carboxylic acids is 1. The summed E-state index contributed by atoms with van der Waals surface area (Å²) in [4.78, 5) is 16.2. The van der Waals surface area contributed by atoms with Crippen molar-refractivity contribution in [3.63, 3.8) is 0 Å². The summed E-state index contributed by atoms with van der Waals surface area (Å²) in [7, 11) is 0. The third-order valence-corrected chi connectivity index (χ3v) is 3.63.